The highest BCUT2D eigenvalue weighted by Gasteiger charge is 2.31. The molecule has 0 bridgehead atoms. The van der Waals surface area contributed by atoms with Crippen molar-refractivity contribution < 1.29 is 5.03 Å². The molecule has 0 unspecified atom stereocenters. The van der Waals surface area contributed by atoms with Crippen molar-refractivity contribution in [3.05, 3.63) is 10.1 Å². The van der Waals surface area contributed by atoms with Crippen molar-refractivity contribution in [2.45, 2.75) is 26.1 Å². The van der Waals surface area contributed by atoms with Gasteiger partial charge in [0.15, 0.2) is 5.03 Å². The molecule has 0 spiro atoms. The lowest BCUT2D eigenvalue weighted by atomic mass is 10.5. The monoisotopic (exact) mass is 187 g/mol. The van der Waals surface area contributed by atoms with Crippen LogP contribution in [0.5, 0.6) is 0 Å². The summed E-state index contributed by atoms with van der Waals surface area (Å²) in [7, 11) is -1.90. The fraction of sp³-hybridized carbons (Fsp3) is 0.833. The maximum Gasteiger partial charge on any atom is 0.227 e. The molecule has 0 rings (SSSR count). The topological polar surface area (TPSA) is 70.2 Å². The molecule has 0 heterocycles. The Hall–Kier alpha value is -1.09. The smallest absolute Gasteiger partial charge is 0.227 e. The summed E-state index contributed by atoms with van der Waals surface area (Å²) in [6.45, 7) is 5.88. The average molecular weight is 187 g/mol. The Kier molecular flexibility index (Phi) is 3.69. The van der Waals surface area contributed by atoms with E-state index in [1.165, 1.54) is 4.67 Å². The second-order valence-electron chi connectivity index (χ2n) is 3.44. The second-order valence-corrected chi connectivity index (χ2v) is 8.30. The van der Waals surface area contributed by atoms with E-state index in [0.717, 1.165) is 0 Å². The minimum absolute atomic E-state index is 0.214. The number of nitriles is 1. The molecule has 68 valence electrons. The van der Waals surface area contributed by atoms with E-state index in [0.29, 0.717) is 0 Å². The third-order valence-electron chi connectivity index (χ3n) is 1.41. The van der Waals surface area contributed by atoms with Crippen LogP contribution in [0.3, 0.4) is 0 Å². The van der Waals surface area contributed by atoms with Crippen LogP contribution in [0.25, 0.3) is 0 Å². The quantitative estimate of drug-likeness (QED) is 0.377. The molecule has 0 aromatic carbocycles. The third kappa shape index (κ3) is 3.34. The highest BCUT2D eigenvalue weighted by Crippen LogP contribution is 2.09. The Labute approximate surface area is 72.8 Å². The van der Waals surface area contributed by atoms with E-state index in [2.05, 4.69) is 0 Å². The number of nitro groups is 1. The van der Waals surface area contributed by atoms with Crippen molar-refractivity contribution in [3.63, 3.8) is 0 Å². The van der Waals surface area contributed by atoms with Gasteiger partial charge in [-0.05, 0) is 19.6 Å². The standard InChI is InChI=1S/C6H13N3O2Si/c1-12(2,3)8(9(10)11)6-4-5-7/h4,6H2,1-3H3. The van der Waals surface area contributed by atoms with Gasteiger partial charge >= 0.3 is 0 Å². The summed E-state index contributed by atoms with van der Waals surface area (Å²) in [6.07, 6.45) is 0.214. The van der Waals surface area contributed by atoms with E-state index in [9.17, 15) is 10.1 Å². The fourth-order valence-corrected chi connectivity index (χ4v) is 2.09. The van der Waals surface area contributed by atoms with E-state index < -0.39 is 13.3 Å². The summed E-state index contributed by atoms with van der Waals surface area (Å²) in [5, 5.41) is 18.4. The molecule has 0 aromatic heterocycles. The average Bonchev–Trinajstić information content (AvgIpc) is 1.84. The molecule has 0 aromatic rings. The van der Waals surface area contributed by atoms with Gasteiger partial charge in [0.1, 0.15) is 0 Å². The van der Waals surface area contributed by atoms with Crippen molar-refractivity contribution in [2.24, 2.45) is 0 Å². The van der Waals surface area contributed by atoms with Crippen LogP contribution >= 0.6 is 0 Å². The summed E-state index contributed by atoms with van der Waals surface area (Å²) in [4.78, 5) is 10.5. The number of rotatable bonds is 4. The van der Waals surface area contributed by atoms with Gasteiger partial charge in [-0.15, -0.1) is 0 Å². The third-order valence-corrected chi connectivity index (χ3v) is 3.34. The molecule has 0 fully saturated rings. The van der Waals surface area contributed by atoms with Crippen molar-refractivity contribution >= 4 is 8.24 Å². The first kappa shape index (κ1) is 10.9. The minimum atomic E-state index is -1.90. The van der Waals surface area contributed by atoms with Crippen LogP contribution in [0.1, 0.15) is 6.42 Å². The van der Waals surface area contributed by atoms with Gasteiger partial charge in [-0.2, -0.15) is 9.94 Å². The highest BCUT2D eigenvalue weighted by molar-refractivity contribution is 6.72. The van der Waals surface area contributed by atoms with E-state index in [-0.39, 0.29) is 13.0 Å². The molecule has 0 radical (unpaired) electrons. The molecule has 0 aliphatic carbocycles. The van der Waals surface area contributed by atoms with Crippen LogP contribution in [0.4, 0.5) is 0 Å². The molecule has 0 aliphatic rings. The van der Waals surface area contributed by atoms with Crippen LogP contribution in [-0.2, 0) is 0 Å². The van der Waals surface area contributed by atoms with Gasteiger partial charge in [0, 0.05) is 0 Å². The molecular weight excluding hydrogens is 174 g/mol. The Morgan fingerprint density at radius 2 is 2.08 bits per heavy atom. The molecular formula is C6H13N3O2Si. The van der Waals surface area contributed by atoms with E-state index in [1.54, 1.807) is 0 Å². The molecule has 0 aliphatic heterocycles. The maximum absolute atomic E-state index is 10.5. The van der Waals surface area contributed by atoms with Crippen LogP contribution in [0.15, 0.2) is 0 Å². The molecule has 5 nitrogen and oxygen atoms in total. The van der Waals surface area contributed by atoms with Gasteiger partial charge in [-0.25, -0.2) is 10.1 Å². The molecule has 0 saturated carbocycles. The largest absolute Gasteiger partial charge is 0.235 e. The van der Waals surface area contributed by atoms with Gasteiger partial charge in [0.2, 0.25) is 8.24 Å². The number of hydrogen-bond acceptors (Lipinski definition) is 3. The van der Waals surface area contributed by atoms with Crippen LogP contribution in [0.2, 0.25) is 19.6 Å². The van der Waals surface area contributed by atoms with E-state index in [4.69, 9.17) is 5.26 Å². The lowest BCUT2D eigenvalue weighted by Gasteiger charge is -2.24. The zero-order chi connectivity index (χ0) is 9.78. The maximum atomic E-state index is 10.5. The zero-order valence-electron chi connectivity index (χ0n) is 7.57. The second kappa shape index (κ2) is 4.06. The summed E-state index contributed by atoms with van der Waals surface area (Å²) >= 11 is 0. The lowest BCUT2D eigenvalue weighted by Crippen LogP contribution is -2.49. The number of hydrogen-bond donors (Lipinski definition) is 0. The van der Waals surface area contributed by atoms with Gasteiger partial charge < -0.3 is 0 Å². The minimum Gasteiger partial charge on any atom is -0.235 e. The van der Waals surface area contributed by atoms with Crippen molar-refractivity contribution in [1.82, 2.24) is 4.67 Å². The fourth-order valence-electron chi connectivity index (χ4n) is 0.818. The van der Waals surface area contributed by atoms with Crippen molar-refractivity contribution in [3.8, 4) is 6.07 Å². The summed E-state index contributed by atoms with van der Waals surface area (Å²) in [5.74, 6) is 0. The summed E-state index contributed by atoms with van der Waals surface area (Å²) < 4.78 is 1.20. The van der Waals surface area contributed by atoms with Gasteiger partial charge in [-0.3, -0.25) is 0 Å². The Morgan fingerprint density at radius 1 is 1.58 bits per heavy atom. The molecule has 6 heteroatoms. The van der Waals surface area contributed by atoms with E-state index in [1.807, 2.05) is 25.7 Å². The molecule has 0 N–H and O–H groups in total. The van der Waals surface area contributed by atoms with E-state index >= 15 is 0 Å². The van der Waals surface area contributed by atoms with Gasteiger partial charge in [0.25, 0.3) is 0 Å². The summed E-state index contributed by atoms with van der Waals surface area (Å²) in [5.41, 5.74) is 0. The first-order valence-corrected chi connectivity index (χ1v) is 7.13. The molecule has 0 amide bonds. The molecule has 0 atom stereocenters. The Morgan fingerprint density at radius 3 is 2.33 bits per heavy atom. The Bertz CT molecular complexity index is 206. The van der Waals surface area contributed by atoms with Crippen LogP contribution < -0.4 is 0 Å². The van der Waals surface area contributed by atoms with Gasteiger partial charge in [-0.1, -0.05) is 0 Å². The molecule has 0 saturated heterocycles. The summed E-state index contributed by atoms with van der Waals surface area (Å²) in [6, 6.07) is 1.90. The number of nitrogens with zero attached hydrogens (tertiary/aromatic N) is 3. The van der Waals surface area contributed by atoms with Crippen molar-refractivity contribution in [1.29, 1.82) is 5.26 Å². The molecule has 12 heavy (non-hydrogen) atoms. The first-order valence-electron chi connectivity index (χ1n) is 3.68. The lowest BCUT2D eigenvalue weighted by molar-refractivity contribution is -0.626. The zero-order valence-corrected chi connectivity index (χ0v) is 8.57. The SMILES string of the molecule is C[Si](C)(C)N(CCC#N)[N+](=O)[O-]. The predicted octanol–water partition coefficient (Wildman–Crippen LogP) is 1.23. The Balaban J connectivity index is 4.27. The van der Waals surface area contributed by atoms with Gasteiger partial charge in [0.05, 0.1) is 19.0 Å². The highest BCUT2D eigenvalue weighted by atomic mass is 28.3. The first-order chi connectivity index (χ1) is 5.39. The normalized spacial score (nSPS) is 10.5. The predicted molar refractivity (Wildman–Crippen MR) is 47.3 cm³/mol. The number of hydrazine groups is 1. The van der Waals surface area contributed by atoms with Crippen LogP contribution in [-0.4, -0.2) is 24.5 Å². The van der Waals surface area contributed by atoms with Crippen molar-refractivity contribution in [2.75, 3.05) is 6.54 Å². The van der Waals surface area contributed by atoms with Crippen LogP contribution in [0, 0.1) is 21.4 Å².